The largest absolute Gasteiger partial charge is 0.465 e. The smallest absolute Gasteiger partial charge is 0.312 e. The molecule has 1 saturated heterocycles. The number of hydrogen-bond donors (Lipinski definition) is 0. The Morgan fingerprint density at radius 1 is 1.56 bits per heavy atom. The van der Waals surface area contributed by atoms with Crippen LogP contribution in [0.2, 0.25) is 0 Å². The molecular formula is C12H12BrNO2. The highest BCUT2D eigenvalue weighted by Gasteiger charge is 2.64. The molecule has 1 aliphatic heterocycles. The van der Waals surface area contributed by atoms with E-state index >= 15 is 0 Å². The van der Waals surface area contributed by atoms with Crippen molar-refractivity contribution in [1.82, 2.24) is 4.98 Å². The Balaban J connectivity index is 1.93. The second-order valence-corrected chi connectivity index (χ2v) is 5.42. The van der Waals surface area contributed by atoms with Crippen molar-refractivity contribution < 1.29 is 9.53 Å². The van der Waals surface area contributed by atoms with Crippen LogP contribution in [-0.4, -0.2) is 17.6 Å². The molecule has 3 nitrogen and oxygen atoms in total. The lowest BCUT2D eigenvalue weighted by molar-refractivity contribution is -0.142. The normalized spacial score (nSPS) is 31.9. The van der Waals surface area contributed by atoms with E-state index in [-0.39, 0.29) is 11.4 Å². The number of rotatable bonds is 1. The predicted molar refractivity (Wildman–Crippen MR) is 62.0 cm³/mol. The summed E-state index contributed by atoms with van der Waals surface area (Å²) in [6.07, 6.45) is 1.79. The van der Waals surface area contributed by atoms with Gasteiger partial charge in [0.15, 0.2) is 0 Å². The topological polar surface area (TPSA) is 39.2 Å². The van der Waals surface area contributed by atoms with E-state index in [0.717, 1.165) is 23.1 Å². The lowest BCUT2D eigenvalue weighted by Crippen LogP contribution is -2.11. The number of hydrogen-bond acceptors (Lipinski definition) is 3. The van der Waals surface area contributed by atoms with Gasteiger partial charge in [-0.1, -0.05) is 6.07 Å². The monoisotopic (exact) mass is 281 g/mol. The molecule has 1 spiro atoms. The van der Waals surface area contributed by atoms with Gasteiger partial charge in [0.2, 0.25) is 0 Å². The Labute approximate surface area is 102 Å². The van der Waals surface area contributed by atoms with Gasteiger partial charge in [0.25, 0.3) is 0 Å². The van der Waals surface area contributed by atoms with E-state index in [2.05, 4.69) is 27.0 Å². The highest BCUT2D eigenvalue weighted by Crippen LogP contribution is 2.64. The molecular weight excluding hydrogens is 270 g/mol. The SMILES string of the molecule is Cc1nc(Br)ccc1C1CC12CCOC2=O. The predicted octanol–water partition coefficient (Wildman–Crippen LogP) is 2.57. The van der Waals surface area contributed by atoms with Crippen molar-refractivity contribution >= 4 is 21.9 Å². The zero-order valence-corrected chi connectivity index (χ0v) is 10.6. The maximum Gasteiger partial charge on any atom is 0.312 e. The van der Waals surface area contributed by atoms with Crippen LogP contribution in [0.3, 0.4) is 0 Å². The van der Waals surface area contributed by atoms with Gasteiger partial charge in [0, 0.05) is 11.6 Å². The van der Waals surface area contributed by atoms with E-state index in [1.165, 1.54) is 5.56 Å². The molecule has 16 heavy (non-hydrogen) atoms. The van der Waals surface area contributed by atoms with Crippen LogP contribution in [0.25, 0.3) is 0 Å². The summed E-state index contributed by atoms with van der Waals surface area (Å²) in [5.41, 5.74) is 2.00. The Morgan fingerprint density at radius 3 is 3.00 bits per heavy atom. The number of nitrogens with zero attached hydrogens (tertiary/aromatic N) is 1. The molecule has 1 aromatic heterocycles. The molecule has 0 N–H and O–H groups in total. The van der Waals surface area contributed by atoms with Crippen LogP contribution < -0.4 is 0 Å². The first-order chi connectivity index (χ1) is 7.63. The molecule has 1 saturated carbocycles. The van der Waals surface area contributed by atoms with Crippen molar-refractivity contribution in [2.24, 2.45) is 5.41 Å². The van der Waals surface area contributed by atoms with E-state index in [1.54, 1.807) is 0 Å². The summed E-state index contributed by atoms with van der Waals surface area (Å²) in [5, 5.41) is 0. The fraction of sp³-hybridized carbons (Fsp3) is 0.500. The van der Waals surface area contributed by atoms with E-state index < -0.39 is 0 Å². The maximum atomic E-state index is 11.7. The summed E-state index contributed by atoms with van der Waals surface area (Å²) in [6.45, 7) is 2.57. The summed E-state index contributed by atoms with van der Waals surface area (Å²) in [6, 6.07) is 4.01. The molecule has 0 radical (unpaired) electrons. The third kappa shape index (κ3) is 1.32. The number of esters is 1. The molecule has 2 fully saturated rings. The number of aryl methyl sites for hydroxylation is 1. The fourth-order valence-corrected chi connectivity index (χ4v) is 3.09. The second kappa shape index (κ2) is 3.29. The summed E-state index contributed by atoms with van der Waals surface area (Å²) in [4.78, 5) is 16.0. The Kier molecular flexibility index (Phi) is 2.11. The Bertz CT molecular complexity index is 474. The zero-order valence-electron chi connectivity index (χ0n) is 9.00. The van der Waals surface area contributed by atoms with Gasteiger partial charge in [0.05, 0.1) is 12.0 Å². The molecule has 0 aromatic carbocycles. The number of halogens is 1. The first kappa shape index (κ1) is 10.3. The molecule has 1 aliphatic carbocycles. The van der Waals surface area contributed by atoms with Crippen molar-refractivity contribution in [3.63, 3.8) is 0 Å². The van der Waals surface area contributed by atoms with Crippen LogP contribution in [0, 0.1) is 12.3 Å². The highest BCUT2D eigenvalue weighted by atomic mass is 79.9. The lowest BCUT2D eigenvalue weighted by atomic mass is 9.97. The van der Waals surface area contributed by atoms with Gasteiger partial charge < -0.3 is 4.74 Å². The third-order valence-electron chi connectivity index (χ3n) is 3.73. The molecule has 84 valence electrons. The third-order valence-corrected chi connectivity index (χ3v) is 4.17. The number of aromatic nitrogens is 1. The van der Waals surface area contributed by atoms with Gasteiger partial charge in [0.1, 0.15) is 4.60 Å². The van der Waals surface area contributed by atoms with Gasteiger partial charge in [-0.05, 0) is 47.3 Å². The molecule has 2 aliphatic rings. The Hall–Kier alpha value is -0.900. The number of carbonyl (C=O) groups is 1. The van der Waals surface area contributed by atoms with Crippen LogP contribution in [0.5, 0.6) is 0 Å². The summed E-state index contributed by atoms with van der Waals surface area (Å²) in [7, 11) is 0. The molecule has 2 atom stereocenters. The van der Waals surface area contributed by atoms with Crippen LogP contribution in [0.1, 0.15) is 30.0 Å². The minimum absolute atomic E-state index is 0.0141. The lowest BCUT2D eigenvalue weighted by Gasteiger charge is -2.07. The first-order valence-electron chi connectivity index (χ1n) is 5.44. The molecule has 1 aromatic rings. The quantitative estimate of drug-likeness (QED) is 0.587. The summed E-state index contributed by atoms with van der Waals surface area (Å²) in [5.74, 6) is 0.308. The van der Waals surface area contributed by atoms with Crippen LogP contribution in [0.4, 0.5) is 0 Å². The minimum Gasteiger partial charge on any atom is -0.465 e. The van der Waals surface area contributed by atoms with Gasteiger partial charge in [-0.15, -0.1) is 0 Å². The van der Waals surface area contributed by atoms with E-state index in [4.69, 9.17) is 4.74 Å². The average Bonchev–Trinajstić information content (AvgIpc) is 2.82. The molecule has 2 heterocycles. The van der Waals surface area contributed by atoms with E-state index in [1.807, 2.05) is 13.0 Å². The van der Waals surface area contributed by atoms with Gasteiger partial charge in [-0.2, -0.15) is 0 Å². The van der Waals surface area contributed by atoms with E-state index in [9.17, 15) is 4.79 Å². The van der Waals surface area contributed by atoms with Crippen LogP contribution in [-0.2, 0) is 9.53 Å². The summed E-state index contributed by atoms with van der Waals surface area (Å²) < 4.78 is 5.92. The molecule has 0 amide bonds. The molecule has 2 unspecified atom stereocenters. The average molecular weight is 282 g/mol. The van der Waals surface area contributed by atoms with Gasteiger partial charge in [-0.25, -0.2) is 4.98 Å². The van der Waals surface area contributed by atoms with Crippen molar-refractivity contribution in [3.05, 3.63) is 28.0 Å². The molecule has 4 heteroatoms. The maximum absolute atomic E-state index is 11.7. The second-order valence-electron chi connectivity index (χ2n) is 4.61. The van der Waals surface area contributed by atoms with Crippen molar-refractivity contribution in [1.29, 1.82) is 0 Å². The fourth-order valence-electron chi connectivity index (χ4n) is 2.70. The number of pyridine rings is 1. The van der Waals surface area contributed by atoms with Gasteiger partial charge >= 0.3 is 5.97 Å². The zero-order chi connectivity index (χ0) is 11.3. The van der Waals surface area contributed by atoms with Crippen LogP contribution in [0.15, 0.2) is 16.7 Å². The van der Waals surface area contributed by atoms with Crippen LogP contribution >= 0.6 is 15.9 Å². The van der Waals surface area contributed by atoms with Gasteiger partial charge in [-0.3, -0.25) is 4.79 Å². The standard InChI is InChI=1S/C12H12BrNO2/c1-7-8(2-3-10(13)14-7)9-6-12(9)4-5-16-11(12)15/h2-3,9H,4-6H2,1H3. The summed E-state index contributed by atoms with van der Waals surface area (Å²) >= 11 is 3.35. The van der Waals surface area contributed by atoms with Crippen molar-refractivity contribution in [2.45, 2.75) is 25.7 Å². The van der Waals surface area contributed by atoms with Crippen molar-refractivity contribution in [3.8, 4) is 0 Å². The van der Waals surface area contributed by atoms with Crippen molar-refractivity contribution in [2.75, 3.05) is 6.61 Å². The van der Waals surface area contributed by atoms with E-state index in [0.29, 0.717) is 12.5 Å². The minimum atomic E-state index is -0.208. The number of carbonyl (C=O) groups excluding carboxylic acids is 1. The Morgan fingerprint density at radius 2 is 2.38 bits per heavy atom. The number of ether oxygens (including phenoxy) is 1. The highest BCUT2D eigenvalue weighted by molar-refractivity contribution is 9.10. The number of cyclic esters (lactones) is 1. The first-order valence-corrected chi connectivity index (χ1v) is 6.23. The molecule has 3 rings (SSSR count). The molecule has 0 bridgehead atoms.